The minimum absolute atomic E-state index is 0.102. The van der Waals surface area contributed by atoms with Crippen LogP contribution >= 0.6 is 0 Å². The fraction of sp³-hybridized carbons (Fsp3) is 0.211. The van der Waals surface area contributed by atoms with Crippen molar-refractivity contribution in [2.24, 2.45) is 10.2 Å². The lowest BCUT2D eigenvalue weighted by Crippen LogP contribution is -2.21. The molecule has 3 aromatic rings. The number of anilines is 1. The lowest BCUT2D eigenvalue weighted by molar-refractivity contribution is 0.0995. The summed E-state index contributed by atoms with van der Waals surface area (Å²) in [6.45, 7) is 5.99. The third-order valence-electron chi connectivity index (χ3n) is 4.14. The Bertz CT molecular complexity index is 909. The van der Waals surface area contributed by atoms with Gasteiger partial charge in [-0.05, 0) is 44.2 Å². The Hall–Kier alpha value is -3.15. The number of H-pyrrole nitrogens is 1. The Kier molecular flexibility index (Phi) is 4.79. The monoisotopic (exact) mass is 336 g/mol. The van der Waals surface area contributed by atoms with Crippen LogP contribution in [0.15, 0.2) is 58.8 Å². The predicted molar refractivity (Wildman–Crippen MR) is 98.8 cm³/mol. The van der Waals surface area contributed by atoms with E-state index < -0.39 is 5.91 Å². The van der Waals surface area contributed by atoms with Gasteiger partial charge in [-0.25, -0.2) is 0 Å². The van der Waals surface area contributed by atoms with Crippen LogP contribution in [0.3, 0.4) is 0 Å². The molecule has 6 heteroatoms. The van der Waals surface area contributed by atoms with Crippen molar-refractivity contribution >= 4 is 28.2 Å². The van der Waals surface area contributed by atoms with Crippen molar-refractivity contribution in [1.29, 1.82) is 0 Å². The van der Waals surface area contributed by atoms with Crippen LogP contribution in [0.2, 0.25) is 0 Å². The number of hydrogen-bond donors (Lipinski definition) is 2. The molecule has 0 radical (unpaired) electrons. The fourth-order valence-corrected chi connectivity index (χ4v) is 2.77. The molecule has 1 heterocycles. The highest BCUT2D eigenvalue weighted by atomic mass is 16.3. The molecule has 0 aliphatic carbocycles. The Morgan fingerprint density at radius 3 is 2.44 bits per heavy atom. The highest BCUT2D eigenvalue weighted by molar-refractivity contribution is 5.97. The third-order valence-corrected chi connectivity index (χ3v) is 4.14. The Balaban J connectivity index is 1.81. The topological polar surface area (TPSA) is 81.1 Å². The quantitative estimate of drug-likeness (QED) is 0.666. The lowest BCUT2D eigenvalue weighted by atomic mass is 10.2. The van der Waals surface area contributed by atoms with Gasteiger partial charge in [-0.1, -0.05) is 18.2 Å². The summed E-state index contributed by atoms with van der Waals surface area (Å²) in [4.78, 5) is 17.2. The van der Waals surface area contributed by atoms with E-state index in [1.54, 1.807) is 12.1 Å². The summed E-state index contributed by atoms with van der Waals surface area (Å²) >= 11 is 0. The van der Waals surface area contributed by atoms with Crippen LogP contribution in [0, 0.1) is 0 Å². The molecule has 0 atom stereocenters. The van der Waals surface area contributed by atoms with E-state index in [4.69, 9.17) is 0 Å². The molecule has 0 saturated carbocycles. The smallest absolute Gasteiger partial charge is 0.295 e. The van der Waals surface area contributed by atoms with Crippen molar-refractivity contribution in [2.45, 2.75) is 13.8 Å². The second-order valence-corrected chi connectivity index (χ2v) is 5.59. The zero-order valence-electron chi connectivity index (χ0n) is 14.2. The summed E-state index contributed by atoms with van der Waals surface area (Å²) in [7, 11) is 0. The molecule has 3 rings (SSSR count). The minimum atomic E-state index is -0.448. The maximum atomic E-state index is 12.2. The first-order valence-corrected chi connectivity index (χ1v) is 8.24. The van der Waals surface area contributed by atoms with Gasteiger partial charge in [0.1, 0.15) is 0 Å². The molecule has 0 fully saturated rings. The molecule has 2 aromatic carbocycles. The number of para-hydroxylation sites is 1. The molecular formula is C19H20N4O2. The van der Waals surface area contributed by atoms with E-state index in [-0.39, 0.29) is 11.6 Å². The first kappa shape index (κ1) is 16.7. The molecule has 0 aliphatic heterocycles. The second kappa shape index (κ2) is 7.17. The van der Waals surface area contributed by atoms with Crippen molar-refractivity contribution in [2.75, 3.05) is 18.0 Å². The van der Waals surface area contributed by atoms with Gasteiger partial charge in [0, 0.05) is 29.7 Å². The summed E-state index contributed by atoms with van der Waals surface area (Å²) in [5, 5.41) is 18.4. The molecule has 25 heavy (non-hydrogen) atoms. The molecule has 0 spiro atoms. The third kappa shape index (κ3) is 3.38. The Morgan fingerprint density at radius 1 is 1.08 bits per heavy atom. The number of aromatic nitrogens is 1. The van der Waals surface area contributed by atoms with Crippen molar-refractivity contribution in [3.05, 3.63) is 54.1 Å². The number of nitrogens with one attached hydrogen (secondary N) is 1. The lowest BCUT2D eigenvalue weighted by Gasteiger charge is -2.20. The summed E-state index contributed by atoms with van der Waals surface area (Å²) in [5.74, 6) is -0.551. The predicted octanol–water partition coefficient (Wildman–Crippen LogP) is 4.64. The normalized spacial score (nSPS) is 11.3. The molecule has 0 unspecified atom stereocenters. The van der Waals surface area contributed by atoms with Crippen LogP contribution in [0.1, 0.15) is 24.2 Å². The van der Waals surface area contributed by atoms with E-state index in [2.05, 4.69) is 34.0 Å². The van der Waals surface area contributed by atoms with E-state index in [9.17, 15) is 9.90 Å². The largest absolute Gasteiger partial charge is 0.493 e. The van der Waals surface area contributed by atoms with Gasteiger partial charge in [0.15, 0.2) is 5.69 Å². The summed E-state index contributed by atoms with van der Waals surface area (Å²) in [5.41, 5.74) is 2.53. The van der Waals surface area contributed by atoms with Gasteiger partial charge in [0.05, 0.1) is 5.52 Å². The number of fused-ring (bicyclic) bond motifs is 1. The van der Waals surface area contributed by atoms with Gasteiger partial charge in [-0.2, -0.15) is 0 Å². The first-order chi connectivity index (χ1) is 12.1. The Labute approximate surface area is 145 Å². The van der Waals surface area contributed by atoms with Gasteiger partial charge < -0.3 is 15.0 Å². The molecule has 0 bridgehead atoms. The van der Waals surface area contributed by atoms with Crippen LogP contribution in [0.5, 0.6) is 5.88 Å². The van der Waals surface area contributed by atoms with Crippen LogP contribution < -0.4 is 4.90 Å². The zero-order chi connectivity index (χ0) is 17.8. The van der Waals surface area contributed by atoms with Crippen molar-refractivity contribution < 1.29 is 9.90 Å². The van der Waals surface area contributed by atoms with Crippen LogP contribution in [0.25, 0.3) is 10.9 Å². The summed E-state index contributed by atoms with van der Waals surface area (Å²) in [6.07, 6.45) is 0. The molecule has 6 nitrogen and oxygen atoms in total. The van der Waals surface area contributed by atoms with Crippen LogP contribution in [-0.2, 0) is 0 Å². The van der Waals surface area contributed by atoms with Crippen molar-refractivity contribution in [3.63, 3.8) is 0 Å². The van der Waals surface area contributed by atoms with Gasteiger partial charge in [0.2, 0.25) is 5.88 Å². The maximum Gasteiger partial charge on any atom is 0.295 e. The molecule has 0 saturated heterocycles. The van der Waals surface area contributed by atoms with E-state index >= 15 is 0 Å². The van der Waals surface area contributed by atoms with E-state index in [1.807, 2.05) is 36.4 Å². The average Bonchev–Trinajstić information content (AvgIpc) is 2.96. The fourth-order valence-electron chi connectivity index (χ4n) is 2.77. The number of benzene rings is 2. The SMILES string of the molecule is CCN(CC)c1ccc(C(=O)N=Nc2c(O)[nH]c3ccccc23)cc1. The van der Waals surface area contributed by atoms with Crippen molar-refractivity contribution in [3.8, 4) is 5.88 Å². The van der Waals surface area contributed by atoms with Gasteiger partial charge >= 0.3 is 0 Å². The number of nitrogens with zero attached hydrogens (tertiary/aromatic N) is 3. The summed E-state index contributed by atoms with van der Waals surface area (Å²) < 4.78 is 0. The molecule has 128 valence electrons. The first-order valence-electron chi connectivity index (χ1n) is 8.24. The van der Waals surface area contributed by atoms with E-state index in [1.165, 1.54) is 0 Å². The molecule has 1 amide bonds. The second-order valence-electron chi connectivity index (χ2n) is 5.59. The number of amides is 1. The number of aromatic hydroxyl groups is 1. The number of hydrogen-bond acceptors (Lipinski definition) is 4. The molecule has 0 aliphatic rings. The number of carbonyl (C=O) groups is 1. The zero-order valence-corrected chi connectivity index (χ0v) is 14.2. The van der Waals surface area contributed by atoms with Crippen molar-refractivity contribution in [1.82, 2.24) is 4.98 Å². The Morgan fingerprint density at radius 2 is 1.76 bits per heavy atom. The van der Waals surface area contributed by atoms with Gasteiger partial charge in [0.25, 0.3) is 5.91 Å². The number of aromatic amines is 1. The number of rotatable bonds is 5. The highest BCUT2D eigenvalue weighted by Gasteiger charge is 2.11. The van der Waals surface area contributed by atoms with Crippen LogP contribution in [0.4, 0.5) is 11.4 Å². The molecule has 2 N–H and O–H groups in total. The van der Waals surface area contributed by atoms with Crippen LogP contribution in [-0.4, -0.2) is 29.1 Å². The molecular weight excluding hydrogens is 316 g/mol. The average molecular weight is 336 g/mol. The van der Waals surface area contributed by atoms with Gasteiger partial charge in [-0.3, -0.25) is 4.79 Å². The minimum Gasteiger partial charge on any atom is -0.493 e. The maximum absolute atomic E-state index is 12.2. The molecule has 1 aromatic heterocycles. The number of azo groups is 1. The van der Waals surface area contributed by atoms with Gasteiger partial charge in [-0.15, -0.1) is 10.2 Å². The highest BCUT2D eigenvalue weighted by Crippen LogP contribution is 2.35. The van der Waals surface area contributed by atoms with E-state index in [0.717, 1.165) is 24.3 Å². The van der Waals surface area contributed by atoms with E-state index in [0.29, 0.717) is 10.9 Å². The standard InChI is InChI=1S/C19H20N4O2/c1-3-23(4-2)14-11-9-13(10-12-14)18(24)22-21-17-15-7-5-6-8-16(15)20-19(17)25/h5-12,20,25H,3-4H2,1-2H3. The number of carbonyl (C=O) groups excluding carboxylic acids is 1. The summed E-state index contributed by atoms with van der Waals surface area (Å²) in [6, 6.07) is 14.6.